The summed E-state index contributed by atoms with van der Waals surface area (Å²) in [7, 11) is -2.31. The zero-order chi connectivity index (χ0) is 44.4. The minimum absolute atomic E-state index is 0.862. The van der Waals surface area contributed by atoms with Gasteiger partial charge in [0.05, 0.1) is 61.5 Å². The molecule has 0 fully saturated rings. The topological polar surface area (TPSA) is 36.5 Å². The molecule has 6 nitrogen and oxygen atoms in total. The maximum absolute atomic E-state index is 7.45. The average molecular weight is 887 g/mol. The fraction of sp³-hybridized carbons (Fsp3) is 0.0164. The molecular formula is C61H38N4O2Si. The average Bonchev–Trinajstić information content (AvgIpc) is 4.02. The van der Waals surface area contributed by atoms with Crippen LogP contribution >= 0.6 is 0 Å². The predicted octanol–water partition coefficient (Wildman–Crippen LogP) is 13.5. The highest BCUT2D eigenvalue weighted by molar-refractivity contribution is 7.00. The fourth-order valence-corrected chi connectivity index (χ4v) is 15.7. The first-order valence-electron chi connectivity index (χ1n) is 23.4. The molecule has 0 atom stereocenters. The molecule has 68 heavy (non-hydrogen) atoms. The number of fused-ring (bicyclic) bond motifs is 9. The zero-order valence-corrected chi connectivity index (χ0v) is 38.0. The van der Waals surface area contributed by atoms with Crippen LogP contribution in [0.15, 0.2) is 206 Å². The third-order valence-electron chi connectivity index (χ3n) is 14.9. The summed E-state index contributed by atoms with van der Waals surface area (Å²) in [4.78, 5) is 2.49. The van der Waals surface area contributed by atoms with Gasteiger partial charge in [0.25, 0.3) is 0 Å². The third kappa shape index (κ3) is 4.74. The van der Waals surface area contributed by atoms with E-state index in [1.165, 1.54) is 53.4 Å². The van der Waals surface area contributed by atoms with Gasteiger partial charge in [-0.2, -0.15) is 0 Å². The maximum Gasteiger partial charge on any atom is 0.157 e. The largest absolute Gasteiger partial charge is 0.457 e. The van der Waals surface area contributed by atoms with Crippen LogP contribution in [0, 0.1) is 6.92 Å². The summed E-state index contributed by atoms with van der Waals surface area (Å²) < 4.78 is 22.1. The normalized spacial score (nSPS) is 13.5. The van der Waals surface area contributed by atoms with E-state index in [1.807, 2.05) is 0 Å². The van der Waals surface area contributed by atoms with Crippen molar-refractivity contribution in [2.24, 2.45) is 0 Å². The Labute approximate surface area is 391 Å². The number of rotatable bonds is 4. The molecule has 3 aliphatic rings. The summed E-state index contributed by atoms with van der Waals surface area (Å²) in [5.41, 5.74) is 14.6. The predicted molar refractivity (Wildman–Crippen MR) is 282 cm³/mol. The minimum atomic E-state index is -2.31. The first-order chi connectivity index (χ1) is 33.6. The lowest BCUT2D eigenvalue weighted by Crippen LogP contribution is -2.61. The Balaban J connectivity index is 1.04. The Kier molecular flexibility index (Phi) is 7.07. The smallest absolute Gasteiger partial charge is 0.157 e. The molecule has 3 aliphatic heterocycles. The van der Waals surface area contributed by atoms with Gasteiger partial charge in [0.2, 0.25) is 0 Å². The lowest BCUT2D eigenvalue weighted by molar-refractivity contribution is 0.464. The third-order valence-corrected chi connectivity index (χ3v) is 18.4. The Hall–Kier alpha value is -8.78. The van der Waals surface area contributed by atoms with Crippen LogP contribution in [0.5, 0.6) is 23.0 Å². The van der Waals surface area contributed by atoms with E-state index in [0.717, 1.165) is 90.2 Å². The number of hydrogen-bond donors (Lipinski definition) is 0. The van der Waals surface area contributed by atoms with Gasteiger partial charge in [0.15, 0.2) is 8.80 Å². The summed E-state index contributed by atoms with van der Waals surface area (Å²) >= 11 is 0. The quantitative estimate of drug-likeness (QED) is 0.165. The fourth-order valence-electron chi connectivity index (χ4n) is 12.1. The van der Waals surface area contributed by atoms with Crippen molar-refractivity contribution >= 4 is 107 Å². The summed E-state index contributed by atoms with van der Waals surface area (Å²) in [6.45, 7) is 2.16. The molecule has 0 bridgehead atoms. The van der Waals surface area contributed by atoms with Crippen LogP contribution in [0.2, 0.25) is 0 Å². The summed E-state index contributed by atoms with van der Waals surface area (Å²) in [5.74, 6) is 3.52. The molecule has 10 aromatic carbocycles. The molecule has 318 valence electrons. The van der Waals surface area contributed by atoms with Crippen molar-refractivity contribution in [2.45, 2.75) is 6.92 Å². The highest BCUT2D eigenvalue weighted by atomic mass is 28.3. The van der Waals surface area contributed by atoms with E-state index >= 15 is 0 Å². The molecular weight excluding hydrogens is 849 g/mol. The van der Waals surface area contributed by atoms with Crippen molar-refractivity contribution in [3.8, 4) is 40.1 Å². The molecule has 0 saturated heterocycles. The lowest BCUT2D eigenvalue weighted by Gasteiger charge is -2.44. The summed E-state index contributed by atoms with van der Waals surface area (Å²) in [6, 6.07) is 75.4. The number of aryl methyl sites for hydroxylation is 1. The van der Waals surface area contributed by atoms with Gasteiger partial charge in [-0.1, -0.05) is 127 Å². The maximum atomic E-state index is 7.45. The van der Waals surface area contributed by atoms with Gasteiger partial charge < -0.3 is 28.1 Å². The number of anilines is 3. The zero-order valence-electron chi connectivity index (χ0n) is 36.8. The van der Waals surface area contributed by atoms with Crippen molar-refractivity contribution in [3.05, 3.63) is 212 Å². The van der Waals surface area contributed by atoms with Crippen molar-refractivity contribution in [2.75, 3.05) is 4.90 Å². The molecule has 0 saturated carbocycles. The number of benzene rings is 10. The second kappa shape index (κ2) is 13.2. The van der Waals surface area contributed by atoms with E-state index in [9.17, 15) is 0 Å². The molecule has 0 amide bonds. The van der Waals surface area contributed by atoms with Crippen LogP contribution in [0.1, 0.15) is 5.56 Å². The van der Waals surface area contributed by atoms with E-state index in [1.54, 1.807) is 0 Å². The number of hydrogen-bond acceptors (Lipinski definition) is 3. The molecule has 0 N–H and O–H groups in total. The monoisotopic (exact) mass is 886 g/mol. The van der Waals surface area contributed by atoms with Crippen LogP contribution in [-0.2, 0) is 0 Å². The Morgan fingerprint density at radius 2 is 0.603 bits per heavy atom. The highest BCUT2D eigenvalue weighted by Gasteiger charge is 2.47. The summed E-state index contributed by atoms with van der Waals surface area (Å²) in [5, 5.41) is 11.1. The van der Waals surface area contributed by atoms with Gasteiger partial charge in [-0.25, -0.2) is 0 Å². The van der Waals surface area contributed by atoms with Crippen LogP contribution in [0.4, 0.5) is 17.1 Å². The van der Waals surface area contributed by atoms with E-state index in [4.69, 9.17) is 9.47 Å². The standard InChI is InChI=1S/C61H38N4O2Si/c1-36-26-28-37(29-27-36)62-53-30-38(63-47-20-8-2-14-41(47)42-15-3-9-21-48(42)63)32-55-59(53)68-60-54(62)31-39(64-49-22-10-4-16-43(49)44-17-5-11-23-50(44)64)33-56(60)67-58-35-40(34-57(66-55)61(58)68)65-51-24-12-6-18-45(51)46-19-7-13-25-52(46)65/h2-35,68H,1H3. The van der Waals surface area contributed by atoms with Crippen molar-refractivity contribution in [3.63, 3.8) is 0 Å². The van der Waals surface area contributed by atoms with Gasteiger partial charge in [-0.3, -0.25) is 0 Å². The van der Waals surface area contributed by atoms with E-state index in [0.29, 0.717) is 0 Å². The number of aromatic nitrogens is 3. The Morgan fingerprint density at radius 3 is 0.941 bits per heavy atom. The van der Waals surface area contributed by atoms with Crippen LogP contribution in [0.3, 0.4) is 0 Å². The summed E-state index contributed by atoms with van der Waals surface area (Å²) in [6.07, 6.45) is 0. The van der Waals surface area contributed by atoms with Crippen molar-refractivity contribution in [1.29, 1.82) is 0 Å². The van der Waals surface area contributed by atoms with Crippen LogP contribution in [0.25, 0.3) is 82.5 Å². The van der Waals surface area contributed by atoms with Gasteiger partial charge in [0, 0.05) is 77.8 Å². The number of ether oxygens (including phenoxy) is 2. The Bertz CT molecular complexity index is 4010. The molecule has 3 aromatic heterocycles. The van der Waals surface area contributed by atoms with E-state index < -0.39 is 8.80 Å². The molecule has 0 aliphatic carbocycles. The van der Waals surface area contributed by atoms with Gasteiger partial charge in [0.1, 0.15) is 23.0 Å². The molecule has 0 spiro atoms. The van der Waals surface area contributed by atoms with Gasteiger partial charge in [-0.05, 0) is 67.6 Å². The minimum Gasteiger partial charge on any atom is -0.457 e. The van der Waals surface area contributed by atoms with Gasteiger partial charge >= 0.3 is 0 Å². The number of para-hydroxylation sites is 6. The van der Waals surface area contributed by atoms with Crippen LogP contribution in [-0.4, -0.2) is 22.5 Å². The second-order valence-corrected chi connectivity index (χ2v) is 21.1. The van der Waals surface area contributed by atoms with Crippen LogP contribution < -0.4 is 29.9 Å². The SMILES string of the molecule is Cc1ccc(N2c3cc(-n4c5ccccc5c5ccccc54)cc4c3[SiH]3c5c(cc(-n6c7ccccc7c7ccccc76)cc5Oc5cc(-n6c7ccccc7c7ccccc76)cc2c53)O4)cc1. The first kappa shape index (κ1) is 36.4. The molecule has 6 heterocycles. The highest BCUT2D eigenvalue weighted by Crippen LogP contribution is 2.49. The molecule has 7 heteroatoms. The first-order valence-corrected chi connectivity index (χ1v) is 25.1. The van der Waals surface area contributed by atoms with Crippen molar-refractivity contribution in [1.82, 2.24) is 13.7 Å². The second-order valence-electron chi connectivity index (χ2n) is 18.5. The Morgan fingerprint density at radius 1 is 0.309 bits per heavy atom. The van der Waals surface area contributed by atoms with Gasteiger partial charge in [-0.15, -0.1) is 0 Å². The molecule has 13 aromatic rings. The molecule has 0 radical (unpaired) electrons. The van der Waals surface area contributed by atoms with E-state index in [2.05, 4.69) is 232 Å². The molecule has 0 unspecified atom stereocenters. The lowest BCUT2D eigenvalue weighted by atomic mass is 10.1. The van der Waals surface area contributed by atoms with E-state index in [-0.39, 0.29) is 0 Å². The molecule has 16 rings (SSSR count). The van der Waals surface area contributed by atoms with Crippen molar-refractivity contribution < 1.29 is 9.47 Å². The number of nitrogens with zero attached hydrogens (tertiary/aromatic N) is 4.